The maximum Gasteiger partial charge on any atom is 0.338 e. The van der Waals surface area contributed by atoms with Crippen LogP contribution in [0.4, 0.5) is 4.39 Å². The molecule has 3 heteroatoms. The Kier molecular flexibility index (Phi) is 5.68. The minimum Gasteiger partial charge on any atom is -0.479 e. The molecule has 1 N–H and O–H groups in total. The van der Waals surface area contributed by atoms with Gasteiger partial charge in [0.2, 0.25) is 0 Å². The minimum absolute atomic E-state index is 0.353. The third-order valence-electron chi connectivity index (χ3n) is 2.00. The molecule has 0 aromatic rings. The standard InChI is InChI=1S/C9H17FO2/c1-3-4-5-6-7(2)8(10)9(11)12/h7-8H,3-6H2,1-2H3,(H,11,12). The summed E-state index contributed by atoms with van der Waals surface area (Å²) in [6.45, 7) is 3.71. The largest absolute Gasteiger partial charge is 0.479 e. The van der Waals surface area contributed by atoms with Crippen LogP contribution in [-0.4, -0.2) is 17.2 Å². The highest BCUT2D eigenvalue weighted by molar-refractivity contribution is 5.72. The number of carboxylic acids is 1. The fraction of sp³-hybridized carbons (Fsp3) is 0.889. The molecule has 0 aromatic carbocycles. The van der Waals surface area contributed by atoms with Gasteiger partial charge in [0, 0.05) is 0 Å². The van der Waals surface area contributed by atoms with Gasteiger partial charge in [-0.2, -0.15) is 0 Å². The van der Waals surface area contributed by atoms with E-state index in [0.29, 0.717) is 6.42 Å². The normalized spacial score (nSPS) is 15.6. The van der Waals surface area contributed by atoms with E-state index in [9.17, 15) is 9.18 Å². The van der Waals surface area contributed by atoms with Crippen molar-refractivity contribution < 1.29 is 14.3 Å². The van der Waals surface area contributed by atoms with Crippen LogP contribution in [0.1, 0.15) is 39.5 Å². The van der Waals surface area contributed by atoms with Crippen molar-refractivity contribution in [1.29, 1.82) is 0 Å². The molecule has 72 valence electrons. The fourth-order valence-corrected chi connectivity index (χ4v) is 1.11. The van der Waals surface area contributed by atoms with Gasteiger partial charge in [-0.15, -0.1) is 0 Å². The summed E-state index contributed by atoms with van der Waals surface area (Å²) in [5, 5.41) is 8.33. The van der Waals surface area contributed by atoms with Gasteiger partial charge < -0.3 is 5.11 Å². The Labute approximate surface area is 72.8 Å². The van der Waals surface area contributed by atoms with Gasteiger partial charge in [0.15, 0.2) is 6.17 Å². The molecule has 0 spiro atoms. The molecule has 0 fully saturated rings. The predicted octanol–water partition coefficient (Wildman–Crippen LogP) is 2.63. The lowest BCUT2D eigenvalue weighted by molar-refractivity contribution is -0.144. The number of halogens is 1. The Morgan fingerprint density at radius 2 is 2.08 bits per heavy atom. The lowest BCUT2D eigenvalue weighted by Gasteiger charge is -2.11. The average molecular weight is 176 g/mol. The van der Waals surface area contributed by atoms with Gasteiger partial charge in [0.25, 0.3) is 0 Å². The molecule has 0 saturated heterocycles. The zero-order valence-corrected chi connectivity index (χ0v) is 7.72. The van der Waals surface area contributed by atoms with Gasteiger partial charge in [-0.05, 0) is 12.3 Å². The van der Waals surface area contributed by atoms with E-state index in [1.54, 1.807) is 6.92 Å². The number of alkyl halides is 1. The van der Waals surface area contributed by atoms with Crippen molar-refractivity contribution in [3.63, 3.8) is 0 Å². The summed E-state index contributed by atoms with van der Waals surface area (Å²) in [4.78, 5) is 10.2. The number of hydrogen-bond donors (Lipinski definition) is 1. The van der Waals surface area contributed by atoms with Crippen molar-refractivity contribution in [2.45, 2.75) is 45.7 Å². The Balaban J connectivity index is 3.56. The summed E-state index contributed by atoms with van der Waals surface area (Å²) in [7, 11) is 0. The van der Waals surface area contributed by atoms with Crippen molar-refractivity contribution in [1.82, 2.24) is 0 Å². The van der Waals surface area contributed by atoms with Crippen LogP contribution in [-0.2, 0) is 4.79 Å². The summed E-state index contributed by atoms with van der Waals surface area (Å²) >= 11 is 0. The summed E-state index contributed by atoms with van der Waals surface area (Å²) < 4.78 is 12.7. The fourth-order valence-electron chi connectivity index (χ4n) is 1.11. The average Bonchev–Trinajstić information content (AvgIpc) is 2.03. The number of carboxylic acid groups (broad SMARTS) is 1. The van der Waals surface area contributed by atoms with E-state index in [4.69, 9.17) is 5.11 Å². The molecule has 0 heterocycles. The molecular formula is C9H17FO2. The van der Waals surface area contributed by atoms with Crippen LogP contribution in [0.2, 0.25) is 0 Å². The molecule has 2 unspecified atom stereocenters. The van der Waals surface area contributed by atoms with Crippen molar-refractivity contribution >= 4 is 5.97 Å². The molecule has 0 radical (unpaired) electrons. The third kappa shape index (κ3) is 4.31. The second-order valence-electron chi connectivity index (χ2n) is 3.21. The molecule has 0 bridgehead atoms. The molecule has 2 nitrogen and oxygen atoms in total. The SMILES string of the molecule is CCCCCC(C)C(F)C(=O)O. The highest BCUT2D eigenvalue weighted by atomic mass is 19.1. The first-order chi connectivity index (χ1) is 5.59. The third-order valence-corrected chi connectivity index (χ3v) is 2.00. The summed E-state index contributed by atoms with van der Waals surface area (Å²) in [5.74, 6) is -1.69. The van der Waals surface area contributed by atoms with E-state index in [1.807, 2.05) is 0 Å². The van der Waals surface area contributed by atoms with Gasteiger partial charge in [-0.25, -0.2) is 9.18 Å². The van der Waals surface area contributed by atoms with Crippen molar-refractivity contribution in [2.24, 2.45) is 5.92 Å². The molecule has 0 amide bonds. The summed E-state index contributed by atoms with van der Waals surface area (Å²) in [6.07, 6.45) is 2.03. The molecular weight excluding hydrogens is 159 g/mol. The maximum absolute atomic E-state index is 12.7. The molecule has 0 aliphatic carbocycles. The van der Waals surface area contributed by atoms with Crippen molar-refractivity contribution in [3.05, 3.63) is 0 Å². The number of hydrogen-bond acceptors (Lipinski definition) is 1. The Morgan fingerprint density at radius 3 is 2.50 bits per heavy atom. The van der Waals surface area contributed by atoms with E-state index in [1.165, 1.54) is 0 Å². The van der Waals surface area contributed by atoms with Gasteiger partial charge >= 0.3 is 5.97 Å². The first-order valence-electron chi connectivity index (χ1n) is 4.46. The molecule has 0 aliphatic heterocycles. The van der Waals surface area contributed by atoms with Crippen LogP contribution < -0.4 is 0 Å². The Bertz CT molecular complexity index is 136. The van der Waals surface area contributed by atoms with E-state index in [0.717, 1.165) is 19.3 Å². The predicted molar refractivity (Wildman–Crippen MR) is 45.8 cm³/mol. The van der Waals surface area contributed by atoms with E-state index < -0.39 is 12.1 Å². The summed E-state index contributed by atoms with van der Waals surface area (Å²) in [6, 6.07) is 0. The van der Waals surface area contributed by atoms with Crippen LogP contribution in [0.3, 0.4) is 0 Å². The lowest BCUT2D eigenvalue weighted by Crippen LogP contribution is -2.22. The van der Waals surface area contributed by atoms with Crippen molar-refractivity contribution in [3.8, 4) is 0 Å². The second-order valence-corrected chi connectivity index (χ2v) is 3.21. The molecule has 0 aliphatic rings. The van der Waals surface area contributed by atoms with Crippen LogP contribution in [0.5, 0.6) is 0 Å². The molecule has 0 saturated carbocycles. The quantitative estimate of drug-likeness (QED) is 0.631. The number of unbranched alkanes of at least 4 members (excludes halogenated alkanes) is 2. The lowest BCUT2D eigenvalue weighted by atomic mass is 9.98. The van der Waals surface area contributed by atoms with Crippen molar-refractivity contribution in [2.75, 3.05) is 0 Å². The Hall–Kier alpha value is -0.600. The zero-order valence-electron chi connectivity index (χ0n) is 7.72. The topological polar surface area (TPSA) is 37.3 Å². The molecule has 0 rings (SSSR count). The van der Waals surface area contributed by atoms with Crippen LogP contribution in [0.15, 0.2) is 0 Å². The highest BCUT2D eigenvalue weighted by Gasteiger charge is 2.22. The molecule has 12 heavy (non-hydrogen) atoms. The maximum atomic E-state index is 12.7. The van der Waals surface area contributed by atoms with Crippen LogP contribution in [0.25, 0.3) is 0 Å². The van der Waals surface area contributed by atoms with Crippen LogP contribution in [0, 0.1) is 5.92 Å². The van der Waals surface area contributed by atoms with Gasteiger partial charge in [0.05, 0.1) is 0 Å². The molecule has 0 aromatic heterocycles. The van der Waals surface area contributed by atoms with E-state index >= 15 is 0 Å². The minimum atomic E-state index is -1.69. The molecule has 2 atom stereocenters. The first-order valence-corrected chi connectivity index (χ1v) is 4.46. The number of rotatable bonds is 6. The zero-order chi connectivity index (χ0) is 9.56. The monoisotopic (exact) mass is 176 g/mol. The smallest absolute Gasteiger partial charge is 0.338 e. The van der Waals surface area contributed by atoms with Gasteiger partial charge in [0.1, 0.15) is 0 Å². The number of carbonyl (C=O) groups is 1. The summed E-state index contributed by atoms with van der Waals surface area (Å²) in [5.41, 5.74) is 0. The second kappa shape index (κ2) is 5.98. The van der Waals surface area contributed by atoms with Crippen LogP contribution >= 0.6 is 0 Å². The van der Waals surface area contributed by atoms with E-state index in [-0.39, 0.29) is 5.92 Å². The van der Waals surface area contributed by atoms with Gasteiger partial charge in [-0.1, -0.05) is 33.1 Å². The number of aliphatic carboxylic acids is 1. The first kappa shape index (κ1) is 11.4. The van der Waals surface area contributed by atoms with Gasteiger partial charge in [-0.3, -0.25) is 0 Å². The highest BCUT2D eigenvalue weighted by Crippen LogP contribution is 2.15. The Morgan fingerprint density at radius 1 is 1.50 bits per heavy atom. The van der Waals surface area contributed by atoms with E-state index in [2.05, 4.69) is 6.92 Å².